The number of aromatic carboxylic acids is 1. The van der Waals surface area contributed by atoms with Crippen LogP contribution in [0, 0.1) is 0 Å². The molecule has 20 heavy (non-hydrogen) atoms. The van der Waals surface area contributed by atoms with Crippen LogP contribution in [0.25, 0.3) is 0 Å². The van der Waals surface area contributed by atoms with Crippen molar-refractivity contribution in [3.63, 3.8) is 0 Å². The lowest BCUT2D eigenvalue weighted by molar-refractivity contribution is 0.0697. The Hall–Kier alpha value is -2.35. The number of aromatic nitrogens is 2. The molecule has 0 amide bonds. The number of anilines is 1. The van der Waals surface area contributed by atoms with Crippen LogP contribution in [0.3, 0.4) is 0 Å². The van der Waals surface area contributed by atoms with Crippen LogP contribution in [0.4, 0.5) is 5.82 Å². The Bertz CT molecular complexity index is 719. The van der Waals surface area contributed by atoms with Gasteiger partial charge in [-0.05, 0) is 17.7 Å². The number of sulfonamides is 1. The molecule has 0 saturated carbocycles. The maximum Gasteiger partial charge on any atom is 0.335 e. The molecule has 2 aromatic rings. The molecule has 106 valence electrons. The summed E-state index contributed by atoms with van der Waals surface area (Å²) in [5.41, 5.74) is 0.621. The van der Waals surface area contributed by atoms with E-state index >= 15 is 0 Å². The van der Waals surface area contributed by atoms with E-state index in [4.69, 9.17) is 5.11 Å². The second kappa shape index (κ2) is 5.33. The zero-order chi connectivity index (χ0) is 14.8. The van der Waals surface area contributed by atoms with E-state index in [-0.39, 0.29) is 11.3 Å². The van der Waals surface area contributed by atoms with E-state index in [0.29, 0.717) is 11.4 Å². The summed E-state index contributed by atoms with van der Waals surface area (Å²) in [6.45, 7) is 0. The molecule has 1 heterocycles. The van der Waals surface area contributed by atoms with E-state index in [1.807, 2.05) is 0 Å². The monoisotopic (exact) mass is 295 g/mol. The van der Waals surface area contributed by atoms with Gasteiger partial charge in [-0.2, -0.15) is 5.10 Å². The highest BCUT2D eigenvalue weighted by Gasteiger charge is 2.14. The Kier molecular flexibility index (Phi) is 3.75. The van der Waals surface area contributed by atoms with Gasteiger partial charge in [0.2, 0.25) is 10.0 Å². The van der Waals surface area contributed by atoms with Gasteiger partial charge in [-0.3, -0.25) is 9.40 Å². The van der Waals surface area contributed by atoms with Gasteiger partial charge in [0, 0.05) is 13.1 Å². The lowest BCUT2D eigenvalue weighted by Crippen LogP contribution is -2.17. The fourth-order valence-electron chi connectivity index (χ4n) is 1.63. The number of rotatable bonds is 5. The van der Waals surface area contributed by atoms with Gasteiger partial charge in [0.05, 0.1) is 17.5 Å². The Morgan fingerprint density at radius 1 is 1.30 bits per heavy atom. The average molecular weight is 295 g/mol. The number of nitrogens with one attached hydrogen (secondary N) is 1. The SMILES string of the molecule is Cn1nccc1NS(=O)(=O)Cc1ccc(C(=O)O)cc1. The molecule has 8 heteroatoms. The van der Waals surface area contributed by atoms with Crippen LogP contribution in [0.2, 0.25) is 0 Å². The van der Waals surface area contributed by atoms with Crippen LogP contribution in [0.1, 0.15) is 15.9 Å². The van der Waals surface area contributed by atoms with Crippen molar-refractivity contribution in [2.45, 2.75) is 5.75 Å². The molecule has 0 radical (unpaired) electrons. The fraction of sp³-hybridized carbons (Fsp3) is 0.167. The lowest BCUT2D eigenvalue weighted by atomic mass is 10.1. The largest absolute Gasteiger partial charge is 0.478 e. The Balaban J connectivity index is 2.12. The van der Waals surface area contributed by atoms with Crippen LogP contribution in [-0.2, 0) is 22.8 Å². The molecule has 0 aliphatic rings. The highest BCUT2D eigenvalue weighted by Crippen LogP contribution is 2.12. The molecule has 0 unspecified atom stereocenters. The first-order chi connectivity index (χ1) is 9.37. The van der Waals surface area contributed by atoms with E-state index in [2.05, 4.69) is 9.82 Å². The third-order valence-corrected chi connectivity index (χ3v) is 3.87. The first-order valence-corrected chi connectivity index (χ1v) is 7.33. The molecule has 0 bridgehead atoms. The van der Waals surface area contributed by atoms with Gasteiger partial charge < -0.3 is 5.11 Å². The predicted molar refractivity (Wildman–Crippen MR) is 72.9 cm³/mol. The minimum atomic E-state index is -3.57. The number of aryl methyl sites for hydroxylation is 1. The van der Waals surface area contributed by atoms with Crippen molar-refractivity contribution in [1.29, 1.82) is 0 Å². The predicted octanol–water partition coefficient (Wildman–Crippen LogP) is 1.06. The maximum atomic E-state index is 12.0. The number of hydrogen-bond donors (Lipinski definition) is 2. The van der Waals surface area contributed by atoms with Crippen molar-refractivity contribution < 1.29 is 18.3 Å². The van der Waals surface area contributed by atoms with Gasteiger partial charge in [-0.15, -0.1) is 0 Å². The first kappa shape index (κ1) is 14.1. The van der Waals surface area contributed by atoms with Gasteiger partial charge in [0.25, 0.3) is 0 Å². The van der Waals surface area contributed by atoms with E-state index in [0.717, 1.165) is 0 Å². The standard InChI is InChI=1S/C12H13N3O4S/c1-15-11(6-7-13-15)14-20(18,19)8-9-2-4-10(5-3-9)12(16)17/h2-7,14H,8H2,1H3,(H,16,17). The second-order valence-corrected chi connectivity index (χ2v) is 5.93. The molecule has 0 aliphatic heterocycles. The zero-order valence-corrected chi connectivity index (χ0v) is 11.5. The summed E-state index contributed by atoms with van der Waals surface area (Å²) in [6.07, 6.45) is 1.49. The van der Waals surface area contributed by atoms with Crippen molar-refractivity contribution in [1.82, 2.24) is 9.78 Å². The summed E-state index contributed by atoms with van der Waals surface area (Å²) in [6, 6.07) is 7.25. The summed E-state index contributed by atoms with van der Waals surface area (Å²) >= 11 is 0. The minimum absolute atomic E-state index is 0.116. The maximum absolute atomic E-state index is 12.0. The van der Waals surface area contributed by atoms with Crippen LogP contribution in [0.15, 0.2) is 36.5 Å². The van der Waals surface area contributed by atoms with Crippen LogP contribution in [-0.4, -0.2) is 29.3 Å². The third-order valence-electron chi connectivity index (χ3n) is 2.64. The summed E-state index contributed by atoms with van der Waals surface area (Å²) in [5.74, 6) is -0.919. The molecular formula is C12H13N3O4S. The minimum Gasteiger partial charge on any atom is -0.478 e. The number of hydrogen-bond acceptors (Lipinski definition) is 4. The van der Waals surface area contributed by atoms with Crippen molar-refractivity contribution in [3.05, 3.63) is 47.7 Å². The highest BCUT2D eigenvalue weighted by molar-refractivity contribution is 7.91. The number of benzene rings is 1. The number of nitrogens with zero attached hydrogens (tertiary/aromatic N) is 2. The summed E-state index contributed by atoms with van der Waals surface area (Å²) in [5, 5.41) is 12.6. The average Bonchev–Trinajstić information content (AvgIpc) is 2.74. The molecule has 0 aliphatic carbocycles. The quantitative estimate of drug-likeness (QED) is 0.859. The molecule has 0 spiro atoms. The number of carboxylic acid groups (broad SMARTS) is 1. The van der Waals surface area contributed by atoms with Crippen molar-refractivity contribution in [2.24, 2.45) is 7.05 Å². The van der Waals surface area contributed by atoms with E-state index in [9.17, 15) is 13.2 Å². The van der Waals surface area contributed by atoms with E-state index < -0.39 is 16.0 Å². The Morgan fingerprint density at radius 2 is 1.95 bits per heavy atom. The van der Waals surface area contributed by atoms with Crippen molar-refractivity contribution >= 4 is 21.8 Å². The van der Waals surface area contributed by atoms with Gasteiger partial charge in [-0.1, -0.05) is 12.1 Å². The topological polar surface area (TPSA) is 101 Å². The Morgan fingerprint density at radius 3 is 2.45 bits per heavy atom. The van der Waals surface area contributed by atoms with Gasteiger partial charge in [-0.25, -0.2) is 13.2 Å². The molecule has 2 N–H and O–H groups in total. The summed E-state index contributed by atoms with van der Waals surface area (Å²) in [4.78, 5) is 10.7. The van der Waals surface area contributed by atoms with Crippen LogP contribution >= 0.6 is 0 Å². The molecule has 2 rings (SSSR count). The van der Waals surface area contributed by atoms with E-state index in [1.54, 1.807) is 13.1 Å². The highest BCUT2D eigenvalue weighted by atomic mass is 32.2. The molecule has 1 aromatic heterocycles. The molecule has 1 aromatic carbocycles. The normalized spacial score (nSPS) is 11.2. The molecule has 0 saturated heterocycles. The van der Waals surface area contributed by atoms with Crippen molar-refractivity contribution in [2.75, 3.05) is 4.72 Å². The Labute approximate surface area is 115 Å². The molecule has 0 fully saturated rings. The molecular weight excluding hydrogens is 282 g/mol. The number of carboxylic acids is 1. The fourth-order valence-corrected chi connectivity index (χ4v) is 2.85. The third kappa shape index (κ3) is 3.35. The van der Waals surface area contributed by atoms with Gasteiger partial charge in [0.15, 0.2) is 0 Å². The second-order valence-electron chi connectivity index (χ2n) is 4.20. The summed E-state index contributed by atoms with van der Waals surface area (Å²) < 4.78 is 27.8. The molecule has 7 nitrogen and oxygen atoms in total. The number of carbonyl (C=O) groups is 1. The van der Waals surface area contributed by atoms with Gasteiger partial charge >= 0.3 is 5.97 Å². The van der Waals surface area contributed by atoms with Crippen LogP contribution < -0.4 is 4.72 Å². The van der Waals surface area contributed by atoms with Crippen molar-refractivity contribution in [3.8, 4) is 0 Å². The summed E-state index contributed by atoms with van der Waals surface area (Å²) in [7, 11) is -1.95. The lowest BCUT2D eigenvalue weighted by Gasteiger charge is -2.08. The smallest absolute Gasteiger partial charge is 0.335 e. The van der Waals surface area contributed by atoms with Crippen LogP contribution in [0.5, 0.6) is 0 Å². The zero-order valence-electron chi connectivity index (χ0n) is 10.6. The van der Waals surface area contributed by atoms with Gasteiger partial charge in [0.1, 0.15) is 5.82 Å². The first-order valence-electron chi connectivity index (χ1n) is 5.68. The molecule has 0 atom stereocenters. The van der Waals surface area contributed by atoms with E-state index in [1.165, 1.54) is 35.1 Å².